The highest BCUT2D eigenvalue weighted by Gasteiger charge is 2.22. The van der Waals surface area contributed by atoms with Gasteiger partial charge in [-0.05, 0) is 69.4 Å². The highest BCUT2D eigenvalue weighted by molar-refractivity contribution is 7.90. The first-order chi connectivity index (χ1) is 13.6. The van der Waals surface area contributed by atoms with Crippen LogP contribution in [0.1, 0.15) is 21.5 Å². The van der Waals surface area contributed by atoms with Crippen LogP contribution in [0.5, 0.6) is 0 Å². The van der Waals surface area contributed by atoms with E-state index in [0.717, 1.165) is 27.6 Å². The van der Waals surface area contributed by atoms with Gasteiger partial charge in [-0.1, -0.05) is 17.4 Å². The number of anilines is 1. The zero-order chi connectivity index (χ0) is 21.3. The standard InChI is InChI=1S/C21H25N3O3S2/c1-14-6-11-18-19(15(14)2)22-21(28-18)24(13-12-23(3)4)20(25)16-7-9-17(10-8-16)29(5,26)27/h6-11H,12-13H2,1-5H3. The van der Waals surface area contributed by atoms with Crippen molar-refractivity contribution in [2.75, 3.05) is 38.3 Å². The van der Waals surface area contributed by atoms with E-state index in [1.54, 1.807) is 17.0 Å². The van der Waals surface area contributed by atoms with Crippen molar-refractivity contribution in [1.29, 1.82) is 0 Å². The maximum Gasteiger partial charge on any atom is 0.260 e. The van der Waals surface area contributed by atoms with Gasteiger partial charge in [-0.3, -0.25) is 9.69 Å². The van der Waals surface area contributed by atoms with E-state index in [9.17, 15) is 13.2 Å². The van der Waals surface area contributed by atoms with E-state index in [0.29, 0.717) is 23.8 Å². The summed E-state index contributed by atoms with van der Waals surface area (Å²) in [6.45, 7) is 5.25. The average molecular weight is 432 g/mol. The number of carbonyl (C=O) groups is 1. The van der Waals surface area contributed by atoms with Gasteiger partial charge in [0.05, 0.1) is 15.1 Å². The molecule has 29 heavy (non-hydrogen) atoms. The van der Waals surface area contributed by atoms with Gasteiger partial charge in [-0.25, -0.2) is 13.4 Å². The van der Waals surface area contributed by atoms with Crippen molar-refractivity contribution in [2.24, 2.45) is 0 Å². The number of aromatic nitrogens is 1. The van der Waals surface area contributed by atoms with Crippen molar-refractivity contribution >= 4 is 42.4 Å². The molecule has 2 aromatic carbocycles. The number of rotatable bonds is 6. The van der Waals surface area contributed by atoms with Crippen molar-refractivity contribution in [3.8, 4) is 0 Å². The molecule has 0 unspecified atom stereocenters. The number of hydrogen-bond acceptors (Lipinski definition) is 6. The molecule has 0 bridgehead atoms. The quantitative estimate of drug-likeness (QED) is 0.597. The lowest BCUT2D eigenvalue weighted by molar-refractivity contribution is 0.0985. The van der Waals surface area contributed by atoms with E-state index < -0.39 is 9.84 Å². The molecule has 8 heteroatoms. The first kappa shape index (κ1) is 21.4. The molecule has 0 radical (unpaired) electrons. The summed E-state index contributed by atoms with van der Waals surface area (Å²) in [7, 11) is 0.600. The number of amides is 1. The minimum absolute atomic E-state index is 0.194. The van der Waals surface area contributed by atoms with Crippen LogP contribution in [-0.2, 0) is 9.84 Å². The SMILES string of the molecule is Cc1ccc2sc(N(CCN(C)C)C(=O)c3ccc(S(C)(=O)=O)cc3)nc2c1C. The Bertz CT molecular complexity index is 1150. The number of benzene rings is 2. The molecular weight excluding hydrogens is 406 g/mol. The third kappa shape index (κ3) is 4.66. The summed E-state index contributed by atoms with van der Waals surface area (Å²) in [5, 5.41) is 0.646. The molecule has 0 aliphatic carbocycles. The van der Waals surface area contributed by atoms with Gasteiger partial charge in [0.25, 0.3) is 5.91 Å². The van der Waals surface area contributed by atoms with Gasteiger partial charge in [0.1, 0.15) is 0 Å². The number of hydrogen-bond donors (Lipinski definition) is 0. The molecule has 1 heterocycles. The second-order valence-electron chi connectivity index (χ2n) is 7.41. The van der Waals surface area contributed by atoms with Crippen LogP contribution in [-0.4, -0.2) is 57.6 Å². The molecule has 0 saturated carbocycles. The Kier molecular flexibility index (Phi) is 6.07. The van der Waals surface area contributed by atoms with Crippen molar-refractivity contribution in [1.82, 2.24) is 9.88 Å². The molecule has 1 amide bonds. The van der Waals surface area contributed by atoms with Gasteiger partial charge in [0.15, 0.2) is 15.0 Å². The fourth-order valence-electron chi connectivity index (χ4n) is 2.91. The normalized spacial score (nSPS) is 11.9. The van der Waals surface area contributed by atoms with Crippen LogP contribution in [0.2, 0.25) is 0 Å². The van der Waals surface area contributed by atoms with E-state index in [1.807, 2.05) is 38.9 Å². The second kappa shape index (κ2) is 8.22. The average Bonchev–Trinajstić information content (AvgIpc) is 3.08. The highest BCUT2D eigenvalue weighted by Crippen LogP contribution is 2.32. The van der Waals surface area contributed by atoms with Crippen LogP contribution in [0.3, 0.4) is 0 Å². The molecule has 0 saturated heterocycles. The third-order valence-electron chi connectivity index (χ3n) is 4.85. The molecule has 0 aliphatic heterocycles. The Morgan fingerprint density at radius 2 is 1.69 bits per heavy atom. The smallest absolute Gasteiger partial charge is 0.260 e. The Hall–Kier alpha value is -2.29. The van der Waals surface area contributed by atoms with Gasteiger partial charge in [0.2, 0.25) is 0 Å². The molecule has 0 aliphatic rings. The summed E-state index contributed by atoms with van der Waals surface area (Å²) in [6, 6.07) is 10.2. The summed E-state index contributed by atoms with van der Waals surface area (Å²) in [6.07, 6.45) is 1.15. The first-order valence-electron chi connectivity index (χ1n) is 9.21. The Balaban J connectivity index is 2.01. The van der Waals surface area contributed by atoms with Gasteiger partial charge >= 0.3 is 0 Å². The van der Waals surface area contributed by atoms with E-state index in [4.69, 9.17) is 4.98 Å². The van der Waals surface area contributed by atoms with E-state index in [-0.39, 0.29) is 10.8 Å². The lowest BCUT2D eigenvalue weighted by Crippen LogP contribution is -2.36. The van der Waals surface area contributed by atoms with Gasteiger partial charge in [0, 0.05) is 24.9 Å². The van der Waals surface area contributed by atoms with Gasteiger partial charge in [-0.2, -0.15) is 0 Å². The summed E-state index contributed by atoms with van der Waals surface area (Å²) >= 11 is 1.49. The summed E-state index contributed by atoms with van der Waals surface area (Å²) in [4.78, 5) is 21.9. The van der Waals surface area contributed by atoms with Crippen LogP contribution in [0.15, 0.2) is 41.3 Å². The predicted octanol–water partition coefficient (Wildman–Crippen LogP) is 3.53. The Labute approximate surface area is 175 Å². The summed E-state index contributed by atoms with van der Waals surface area (Å²) < 4.78 is 24.4. The second-order valence-corrected chi connectivity index (χ2v) is 10.4. The van der Waals surface area contributed by atoms with Gasteiger partial charge < -0.3 is 4.90 Å². The maximum absolute atomic E-state index is 13.3. The van der Waals surface area contributed by atoms with E-state index in [1.165, 1.54) is 23.5 Å². The zero-order valence-electron chi connectivity index (χ0n) is 17.3. The van der Waals surface area contributed by atoms with Crippen LogP contribution in [0, 0.1) is 13.8 Å². The van der Waals surface area contributed by atoms with Crippen LogP contribution >= 0.6 is 11.3 Å². The molecule has 0 N–H and O–H groups in total. The third-order valence-corrected chi connectivity index (χ3v) is 7.02. The molecule has 0 atom stereocenters. The molecule has 0 spiro atoms. The van der Waals surface area contributed by atoms with Crippen LogP contribution in [0.4, 0.5) is 5.13 Å². The predicted molar refractivity (Wildman–Crippen MR) is 119 cm³/mol. The minimum Gasteiger partial charge on any atom is -0.308 e. The molecule has 0 fully saturated rings. The van der Waals surface area contributed by atoms with Crippen molar-refractivity contribution in [3.63, 3.8) is 0 Å². The monoisotopic (exact) mass is 431 g/mol. The van der Waals surface area contributed by atoms with Gasteiger partial charge in [-0.15, -0.1) is 0 Å². The van der Waals surface area contributed by atoms with Crippen LogP contribution < -0.4 is 4.90 Å². The Morgan fingerprint density at radius 3 is 2.28 bits per heavy atom. The number of likely N-dealkylation sites (N-methyl/N-ethyl adjacent to an activating group) is 1. The van der Waals surface area contributed by atoms with Crippen molar-refractivity contribution in [2.45, 2.75) is 18.7 Å². The molecule has 3 aromatic rings. The lowest BCUT2D eigenvalue weighted by Gasteiger charge is -2.22. The number of thiazole rings is 1. The molecule has 3 rings (SSSR count). The topological polar surface area (TPSA) is 70.6 Å². The van der Waals surface area contributed by atoms with E-state index >= 15 is 0 Å². The van der Waals surface area contributed by atoms with Crippen molar-refractivity contribution in [3.05, 3.63) is 53.1 Å². The van der Waals surface area contributed by atoms with Crippen molar-refractivity contribution < 1.29 is 13.2 Å². The lowest BCUT2D eigenvalue weighted by atomic mass is 10.1. The number of carbonyl (C=O) groups excluding carboxylic acids is 1. The number of aryl methyl sites for hydroxylation is 2. The van der Waals surface area contributed by atoms with E-state index in [2.05, 4.69) is 6.07 Å². The zero-order valence-corrected chi connectivity index (χ0v) is 18.9. The molecule has 154 valence electrons. The molecule has 6 nitrogen and oxygen atoms in total. The first-order valence-corrected chi connectivity index (χ1v) is 11.9. The molecular formula is C21H25N3O3S2. The summed E-state index contributed by atoms with van der Waals surface area (Å²) in [5.41, 5.74) is 3.63. The fraction of sp³-hybridized carbons (Fsp3) is 0.333. The number of fused-ring (bicyclic) bond motifs is 1. The fourth-order valence-corrected chi connectivity index (χ4v) is 4.59. The number of sulfone groups is 1. The molecule has 1 aromatic heterocycles. The maximum atomic E-state index is 13.3. The minimum atomic E-state index is -3.31. The number of nitrogens with zero attached hydrogens (tertiary/aromatic N) is 3. The highest BCUT2D eigenvalue weighted by atomic mass is 32.2. The largest absolute Gasteiger partial charge is 0.308 e. The summed E-state index contributed by atoms with van der Waals surface area (Å²) in [5.74, 6) is -0.194. The Morgan fingerprint density at radius 1 is 1.03 bits per heavy atom. The van der Waals surface area contributed by atoms with Crippen LogP contribution in [0.25, 0.3) is 10.2 Å².